The fourth-order valence-electron chi connectivity index (χ4n) is 3.97. The number of hydrogen-bond donors (Lipinski definition) is 1. The second kappa shape index (κ2) is 5.85. The molecule has 0 bridgehead atoms. The first kappa shape index (κ1) is 14.7. The Morgan fingerprint density at radius 2 is 1.71 bits per heavy atom. The van der Waals surface area contributed by atoms with Gasteiger partial charge in [-0.05, 0) is 42.5 Å². The molecule has 0 spiro atoms. The summed E-state index contributed by atoms with van der Waals surface area (Å²) >= 11 is 0. The van der Waals surface area contributed by atoms with E-state index < -0.39 is 0 Å². The van der Waals surface area contributed by atoms with Crippen LogP contribution in [0, 0.1) is 0 Å². The zero-order chi connectivity index (χ0) is 14.9. The molecule has 0 radical (unpaired) electrons. The van der Waals surface area contributed by atoms with Crippen molar-refractivity contribution in [2.24, 2.45) is 5.73 Å². The van der Waals surface area contributed by atoms with E-state index in [1.807, 2.05) is 0 Å². The summed E-state index contributed by atoms with van der Waals surface area (Å²) in [5.74, 6) is 1.66. The van der Waals surface area contributed by atoms with Crippen LogP contribution in [0.5, 0.6) is 11.5 Å². The number of nitrogens with two attached hydrogens (primary N) is 1. The third-order valence-electron chi connectivity index (χ3n) is 5.30. The minimum Gasteiger partial charge on any atom is -0.493 e. The van der Waals surface area contributed by atoms with E-state index in [1.165, 1.54) is 36.8 Å². The first-order valence-electron chi connectivity index (χ1n) is 7.91. The molecule has 3 rings (SSSR count). The zero-order valence-electron chi connectivity index (χ0n) is 13.2. The predicted molar refractivity (Wildman–Crippen MR) is 83.9 cm³/mol. The van der Waals surface area contributed by atoms with Crippen molar-refractivity contribution in [1.29, 1.82) is 0 Å². The molecular weight excluding hydrogens is 264 g/mol. The highest BCUT2D eigenvalue weighted by molar-refractivity contribution is 5.48. The van der Waals surface area contributed by atoms with Crippen molar-refractivity contribution in [3.05, 3.63) is 23.3 Å². The van der Waals surface area contributed by atoms with Gasteiger partial charge in [-0.3, -0.25) is 4.90 Å². The largest absolute Gasteiger partial charge is 0.493 e. The standard InChI is InChI=1S/C17H26N2O2/c1-20-15-9-13-5-8-19(11-14(13)10-16(15)21-2)17(12-18)6-3-4-7-17/h9-10H,3-8,11-12,18H2,1-2H3. The van der Waals surface area contributed by atoms with Gasteiger partial charge in [-0.2, -0.15) is 0 Å². The van der Waals surface area contributed by atoms with E-state index in [-0.39, 0.29) is 5.54 Å². The number of nitrogens with zero attached hydrogens (tertiary/aromatic N) is 1. The third-order valence-corrected chi connectivity index (χ3v) is 5.30. The lowest BCUT2D eigenvalue weighted by Gasteiger charge is -2.43. The Labute approximate surface area is 127 Å². The molecular formula is C17H26N2O2. The van der Waals surface area contributed by atoms with Crippen LogP contribution in [-0.4, -0.2) is 37.7 Å². The van der Waals surface area contributed by atoms with Gasteiger partial charge in [-0.1, -0.05) is 12.8 Å². The Morgan fingerprint density at radius 1 is 1.10 bits per heavy atom. The lowest BCUT2D eigenvalue weighted by atomic mass is 9.90. The molecule has 1 aromatic rings. The zero-order valence-corrected chi connectivity index (χ0v) is 13.2. The number of ether oxygens (including phenoxy) is 2. The van der Waals surface area contributed by atoms with Crippen LogP contribution in [-0.2, 0) is 13.0 Å². The highest BCUT2D eigenvalue weighted by atomic mass is 16.5. The summed E-state index contributed by atoms with van der Waals surface area (Å²) in [5, 5.41) is 0. The van der Waals surface area contributed by atoms with Crippen LogP contribution in [0.1, 0.15) is 36.8 Å². The molecule has 4 nitrogen and oxygen atoms in total. The Hall–Kier alpha value is -1.26. The van der Waals surface area contributed by atoms with Gasteiger partial charge in [-0.25, -0.2) is 0 Å². The van der Waals surface area contributed by atoms with Crippen molar-refractivity contribution in [1.82, 2.24) is 4.90 Å². The van der Waals surface area contributed by atoms with Crippen molar-refractivity contribution in [2.45, 2.75) is 44.2 Å². The Morgan fingerprint density at radius 3 is 2.29 bits per heavy atom. The molecule has 1 aliphatic carbocycles. The van der Waals surface area contributed by atoms with Crippen molar-refractivity contribution in [2.75, 3.05) is 27.3 Å². The summed E-state index contributed by atoms with van der Waals surface area (Å²) in [7, 11) is 3.39. The second-order valence-electron chi connectivity index (χ2n) is 6.28. The van der Waals surface area contributed by atoms with E-state index in [2.05, 4.69) is 17.0 Å². The molecule has 1 fully saturated rings. The minimum atomic E-state index is 0.227. The van der Waals surface area contributed by atoms with Gasteiger partial charge in [0.2, 0.25) is 0 Å². The van der Waals surface area contributed by atoms with Crippen molar-refractivity contribution < 1.29 is 9.47 Å². The van der Waals surface area contributed by atoms with E-state index in [9.17, 15) is 0 Å². The van der Waals surface area contributed by atoms with Crippen LogP contribution in [0.15, 0.2) is 12.1 Å². The molecule has 1 aromatic carbocycles. The molecule has 0 aromatic heterocycles. The van der Waals surface area contributed by atoms with E-state index in [1.54, 1.807) is 14.2 Å². The summed E-state index contributed by atoms with van der Waals surface area (Å²) in [6.45, 7) is 2.85. The number of fused-ring (bicyclic) bond motifs is 1. The van der Waals surface area contributed by atoms with Gasteiger partial charge in [0.25, 0.3) is 0 Å². The summed E-state index contributed by atoms with van der Waals surface area (Å²) in [4.78, 5) is 2.61. The molecule has 1 heterocycles. The third kappa shape index (κ3) is 2.51. The van der Waals surface area contributed by atoms with Gasteiger partial charge in [0.05, 0.1) is 14.2 Å². The number of benzene rings is 1. The van der Waals surface area contributed by atoms with Crippen LogP contribution in [0.25, 0.3) is 0 Å². The first-order valence-corrected chi connectivity index (χ1v) is 7.91. The molecule has 1 saturated carbocycles. The lowest BCUT2D eigenvalue weighted by Crippen LogP contribution is -2.53. The van der Waals surface area contributed by atoms with Gasteiger partial charge in [0, 0.05) is 25.2 Å². The molecule has 2 aliphatic rings. The fourth-order valence-corrected chi connectivity index (χ4v) is 3.97. The van der Waals surface area contributed by atoms with Gasteiger partial charge in [0.1, 0.15) is 0 Å². The van der Waals surface area contributed by atoms with Gasteiger partial charge in [0.15, 0.2) is 11.5 Å². The minimum absolute atomic E-state index is 0.227. The van der Waals surface area contributed by atoms with Gasteiger partial charge < -0.3 is 15.2 Å². The SMILES string of the molecule is COc1cc2c(cc1OC)CN(C1(CN)CCCC1)CC2. The molecule has 2 N–H and O–H groups in total. The average Bonchev–Trinajstić information content (AvgIpc) is 3.03. The van der Waals surface area contributed by atoms with E-state index in [4.69, 9.17) is 15.2 Å². The fraction of sp³-hybridized carbons (Fsp3) is 0.647. The van der Waals surface area contributed by atoms with Crippen molar-refractivity contribution >= 4 is 0 Å². The average molecular weight is 290 g/mol. The molecule has 0 saturated heterocycles. The molecule has 1 aliphatic heterocycles. The Balaban J connectivity index is 1.88. The van der Waals surface area contributed by atoms with E-state index in [0.29, 0.717) is 0 Å². The predicted octanol–water partition coefficient (Wildman–Crippen LogP) is 2.33. The molecule has 4 heteroatoms. The number of rotatable bonds is 4. The maximum Gasteiger partial charge on any atom is 0.161 e. The topological polar surface area (TPSA) is 47.7 Å². The van der Waals surface area contributed by atoms with Crippen LogP contribution >= 0.6 is 0 Å². The molecule has 0 atom stereocenters. The van der Waals surface area contributed by atoms with Crippen LogP contribution in [0.4, 0.5) is 0 Å². The lowest BCUT2D eigenvalue weighted by molar-refractivity contribution is 0.0842. The smallest absolute Gasteiger partial charge is 0.161 e. The monoisotopic (exact) mass is 290 g/mol. The molecule has 21 heavy (non-hydrogen) atoms. The Bertz CT molecular complexity index is 510. The van der Waals surface area contributed by atoms with Crippen LogP contribution in [0.2, 0.25) is 0 Å². The van der Waals surface area contributed by atoms with Gasteiger partial charge >= 0.3 is 0 Å². The quantitative estimate of drug-likeness (QED) is 0.924. The highest BCUT2D eigenvalue weighted by Gasteiger charge is 2.39. The summed E-state index contributed by atoms with van der Waals surface area (Å²) in [6, 6.07) is 4.27. The second-order valence-corrected chi connectivity index (χ2v) is 6.28. The maximum absolute atomic E-state index is 6.13. The Kier molecular flexibility index (Phi) is 4.09. The van der Waals surface area contributed by atoms with E-state index in [0.717, 1.165) is 37.6 Å². The van der Waals surface area contributed by atoms with Crippen LogP contribution in [0.3, 0.4) is 0 Å². The van der Waals surface area contributed by atoms with Crippen LogP contribution < -0.4 is 15.2 Å². The number of methoxy groups -OCH3 is 2. The van der Waals surface area contributed by atoms with Gasteiger partial charge in [-0.15, -0.1) is 0 Å². The molecule has 0 unspecified atom stereocenters. The van der Waals surface area contributed by atoms with E-state index >= 15 is 0 Å². The summed E-state index contributed by atoms with van der Waals surface area (Å²) < 4.78 is 10.9. The first-order chi connectivity index (χ1) is 10.2. The summed E-state index contributed by atoms with van der Waals surface area (Å²) in [5.41, 5.74) is 9.11. The summed E-state index contributed by atoms with van der Waals surface area (Å²) in [6.07, 6.45) is 6.18. The molecule has 0 amide bonds. The van der Waals surface area contributed by atoms with Crippen molar-refractivity contribution in [3.8, 4) is 11.5 Å². The normalized spacial score (nSPS) is 21.1. The molecule has 116 valence electrons. The number of hydrogen-bond acceptors (Lipinski definition) is 4. The van der Waals surface area contributed by atoms with Crippen molar-refractivity contribution in [3.63, 3.8) is 0 Å². The highest BCUT2D eigenvalue weighted by Crippen LogP contribution is 2.39. The maximum atomic E-state index is 6.13.